The predicted octanol–water partition coefficient (Wildman–Crippen LogP) is 11.1. The second-order valence-corrected chi connectivity index (χ2v) is 30.6. The number of esters is 2. The maximum absolute atomic E-state index is 14.3. The van der Waals surface area contributed by atoms with Gasteiger partial charge in [0.25, 0.3) is 0 Å². The molecule has 7 aliphatic rings. The fraction of sp³-hybridized carbons (Fsp3) is 0.828. The van der Waals surface area contributed by atoms with E-state index < -0.39 is 80.0 Å². The van der Waals surface area contributed by atoms with Gasteiger partial charge in [-0.3, -0.25) is 4.79 Å². The molecule has 3 saturated heterocycles. The third-order valence-electron chi connectivity index (χ3n) is 20.1. The summed E-state index contributed by atoms with van der Waals surface area (Å²) in [7, 11) is -0.366. The topological polar surface area (TPSA) is 147 Å². The van der Waals surface area contributed by atoms with Gasteiger partial charge in [0.15, 0.2) is 38.9 Å². The van der Waals surface area contributed by atoms with Gasteiger partial charge in [-0.2, -0.15) is 0 Å². The maximum Gasteiger partial charge on any atom is 0.338 e. The van der Waals surface area contributed by atoms with E-state index >= 15 is 0 Å². The van der Waals surface area contributed by atoms with Crippen LogP contribution < -0.4 is 4.74 Å². The zero-order chi connectivity index (χ0) is 52.3. The Labute approximate surface area is 432 Å². The van der Waals surface area contributed by atoms with Crippen molar-refractivity contribution in [3.63, 3.8) is 0 Å². The monoisotopic (exact) mass is 1020 g/mol. The summed E-state index contributed by atoms with van der Waals surface area (Å²) in [5.41, 5.74) is -0.0449. The summed E-state index contributed by atoms with van der Waals surface area (Å²) in [6.07, 6.45) is 5.40. The van der Waals surface area contributed by atoms with Gasteiger partial charge in [-0.05, 0) is 129 Å². The zero-order valence-electron chi connectivity index (χ0n) is 46.6. The number of carbonyl (C=O) groups excluding carboxylic acids is 2. The first-order valence-corrected chi connectivity index (χ1v) is 30.6. The Morgan fingerprint density at radius 1 is 0.861 bits per heavy atom. The molecule has 1 aromatic rings. The van der Waals surface area contributed by atoms with Crippen LogP contribution in [-0.2, 0) is 47.1 Å². The Bertz CT molecular complexity index is 2080. The first kappa shape index (κ1) is 55.8. The number of allylic oxidation sites excluding steroid dienone is 1. The molecule has 3 heterocycles. The normalized spacial score (nSPS) is 40.3. The van der Waals surface area contributed by atoms with Crippen LogP contribution in [0.1, 0.15) is 151 Å². The molecule has 0 aromatic heterocycles. The molecule has 1 aromatic carbocycles. The number of hydrogen-bond donors (Lipinski definition) is 1. The zero-order valence-corrected chi connectivity index (χ0v) is 47.6. The number of methoxy groups -OCH3 is 1. The van der Waals surface area contributed by atoms with Gasteiger partial charge in [0.1, 0.15) is 17.5 Å². The highest BCUT2D eigenvalue weighted by molar-refractivity contribution is 6.74. The van der Waals surface area contributed by atoms with Gasteiger partial charge in [0.05, 0.1) is 45.2 Å². The number of rotatable bonds is 15. The van der Waals surface area contributed by atoms with E-state index in [1.54, 1.807) is 36.9 Å². The number of carbonyl (C=O) groups is 2. The summed E-state index contributed by atoms with van der Waals surface area (Å²) in [5.74, 6) is -0.955. The molecule has 406 valence electrons. The molecule has 1 N–H and O–H groups in total. The number of fused-ring (bicyclic) bond motifs is 5. The average Bonchev–Trinajstić information content (AvgIpc) is 3.90. The van der Waals surface area contributed by atoms with Gasteiger partial charge in [0.2, 0.25) is 0 Å². The molecule has 6 fully saturated rings. The van der Waals surface area contributed by atoms with Gasteiger partial charge in [-0.1, -0.05) is 87.8 Å². The van der Waals surface area contributed by atoms with E-state index in [9.17, 15) is 14.7 Å². The smallest absolute Gasteiger partial charge is 0.338 e. The van der Waals surface area contributed by atoms with Crippen LogP contribution in [0.25, 0.3) is 0 Å². The van der Waals surface area contributed by atoms with Crippen LogP contribution in [0.4, 0.5) is 0 Å². The van der Waals surface area contributed by atoms with Crippen molar-refractivity contribution >= 4 is 20.3 Å². The standard InChI is InChI=1S/C58H92O13Si/c1-34(2)22-27-57(65-28-29-66-57)38(6)58(61)47(31-46-44-21-18-41-30-43(71-72(14,15)54(8,9)10)23-25-55(41,11)45(44)24-26-56(46,58)12)68-53-50(67-39(7)59)48(36(4)33-64-53)70-52-49(37(5)35(3)32-63-52)69-51(60)40-16-19-42(62-13)20-17-40/h16-20,34-38,43-50,52-53,61H,21-33H2,1-15H3/t35?,36?,37?,38-,43-,44+,45-,46-,47-,48?,49?,50?,52?,53?,55-,56-,58+/m0/s1. The highest BCUT2D eigenvalue weighted by atomic mass is 28.4. The van der Waals surface area contributed by atoms with Crippen molar-refractivity contribution < 1.29 is 61.8 Å². The van der Waals surface area contributed by atoms with Gasteiger partial charge in [-0.15, -0.1) is 0 Å². The molecule has 8 rings (SSSR count). The van der Waals surface area contributed by atoms with Crippen LogP contribution in [0.2, 0.25) is 18.1 Å². The molecule has 0 spiro atoms. The van der Waals surface area contributed by atoms with Crippen molar-refractivity contribution in [3.8, 4) is 5.75 Å². The summed E-state index contributed by atoms with van der Waals surface area (Å²) in [6, 6.07) is 6.79. The van der Waals surface area contributed by atoms with Gasteiger partial charge in [-0.25, -0.2) is 4.79 Å². The summed E-state index contributed by atoms with van der Waals surface area (Å²) in [5, 5.41) is 14.4. The largest absolute Gasteiger partial charge is 0.497 e. The summed E-state index contributed by atoms with van der Waals surface area (Å²) in [6.45, 7) is 32.1. The third kappa shape index (κ3) is 10.3. The lowest BCUT2D eigenvalue weighted by atomic mass is 9.46. The molecule has 13 nitrogen and oxygen atoms in total. The molecule has 0 radical (unpaired) electrons. The highest BCUT2D eigenvalue weighted by Crippen LogP contribution is 2.70. The first-order valence-electron chi connectivity index (χ1n) is 27.7. The first-order chi connectivity index (χ1) is 33.8. The van der Waals surface area contributed by atoms with Crippen LogP contribution in [0, 0.1) is 58.2 Å². The molecule has 3 saturated carbocycles. The van der Waals surface area contributed by atoms with Gasteiger partial charge in [0, 0.05) is 42.6 Å². The summed E-state index contributed by atoms with van der Waals surface area (Å²) >= 11 is 0. The fourth-order valence-electron chi connectivity index (χ4n) is 14.3. The predicted molar refractivity (Wildman–Crippen MR) is 276 cm³/mol. The van der Waals surface area contributed by atoms with Crippen molar-refractivity contribution in [2.24, 2.45) is 58.2 Å². The van der Waals surface area contributed by atoms with Crippen LogP contribution >= 0.6 is 0 Å². The second-order valence-electron chi connectivity index (χ2n) is 25.8. The molecule has 8 unspecified atom stereocenters. The van der Waals surface area contributed by atoms with Crippen molar-refractivity contribution in [1.29, 1.82) is 0 Å². The third-order valence-corrected chi connectivity index (χ3v) is 24.6. The van der Waals surface area contributed by atoms with Crippen molar-refractivity contribution in [2.75, 3.05) is 33.5 Å². The highest BCUT2D eigenvalue weighted by Gasteiger charge is 2.73. The molecule has 17 atom stereocenters. The molecule has 72 heavy (non-hydrogen) atoms. The molecular weight excluding hydrogens is 933 g/mol. The Balaban J connectivity index is 1.10. The van der Waals surface area contributed by atoms with E-state index in [2.05, 4.69) is 81.5 Å². The number of hydrogen-bond acceptors (Lipinski definition) is 13. The quantitative estimate of drug-likeness (QED) is 0.101. The average molecular weight is 1030 g/mol. The van der Waals surface area contributed by atoms with Crippen molar-refractivity contribution in [2.45, 2.75) is 213 Å². The van der Waals surface area contributed by atoms with Crippen molar-refractivity contribution in [3.05, 3.63) is 41.5 Å². The Kier molecular flexibility index (Phi) is 16.4. The molecule has 3 aliphatic heterocycles. The Morgan fingerprint density at radius 3 is 2.14 bits per heavy atom. The van der Waals surface area contributed by atoms with E-state index in [0.717, 1.165) is 44.9 Å². The van der Waals surface area contributed by atoms with E-state index in [1.165, 1.54) is 6.92 Å². The molecule has 14 heteroatoms. The van der Waals surface area contributed by atoms with Crippen LogP contribution in [0.15, 0.2) is 35.9 Å². The number of aliphatic hydroxyl groups is 1. The van der Waals surface area contributed by atoms with E-state index in [4.69, 9.17) is 47.1 Å². The van der Waals surface area contributed by atoms with Gasteiger partial charge >= 0.3 is 11.9 Å². The molecular formula is C58H92O13Si. The minimum atomic E-state index is -1.94. The van der Waals surface area contributed by atoms with Crippen LogP contribution in [-0.4, -0.2) is 113 Å². The SMILES string of the molecule is COc1ccc(C(=O)OC2C(OC3C(C)COC(O[C@H]4C[C@H]5[C@@H]6CC=C7C[C@@H](O[Si](C)(C)C(C)(C)C)CC[C@]7(C)[C@H]6CC[C@]5(C)[C@@]4(O)[C@@H](C)C4(CCC(C)C)OCCO4)C3OC(C)=O)OCC(C)C2C)cc1. The van der Waals surface area contributed by atoms with Crippen LogP contribution in [0.5, 0.6) is 5.75 Å². The van der Waals surface area contributed by atoms with Gasteiger partial charge < -0.3 is 52.2 Å². The van der Waals surface area contributed by atoms with Crippen molar-refractivity contribution in [1.82, 2.24) is 0 Å². The Morgan fingerprint density at radius 2 is 1.51 bits per heavy atom. The number of benzene rings is 1. The lowest BCUT2D eigenvalue weighted by Gasteiger charge is -2.61. The summed E-state index contributed by atoms with van der Waals surface area (Å²) < 4.78 is 65.6. The minimum Gasteiger partial charge on any atom is -0.497 e. The molecule has 0 amide bonds. The van der Waals surface area contributed by atoms with E-state index in [1.807, 2.05) is 13.8 Å². The van der Waals surface area contributed by atoms with Crippen LogP contribution in [0.3, 0.4) is 0 Å². The minimum absolute atomic E-state index is 0.0429. The van der Waals surface area contributed by atoms with E-state index in [-0.39, 0.29) is 46.8 Å². The lowest BCUT2D eigenvalue weighted by Crippen LogP contribution is -2.65. The maximum atomic E-state index is 14.3. The van der Waals surface area contributed by atoms with E-state index in [0.29, 0.717) is 61.7 Å². The number of ether oxygens (including phenoxy) is 9. The lowest BCUT2D eigenvalue weighted by molar-refractivity contribution is -0.341. The summed E-state index contributed by atoms with van der Waals surface area (Å²) in [4.78, 5) is 26.9. The Hall–Kier alpha value is -2.40. The molecule has 0 bridgehead atoms. The molecule has 4 aliphatic carbocycles. The fourth-order valence-corrected chi connectivity index (χ4v) is 15.7. The second kappa shape index (κ2) is 21.2.